The van der Waals surface area contributed by atoms with Gasteiger partial charge in [-0.25, -0.2) is 0 Å². The molecular weight excluding hydrogens is 439 g/mol. The topological polar surface area (TPSA) is 53.3 Å². The smallest absolute Gasteiger partial charge is 0.249 e. The highest BCUT2D eigenvalue weighted by Gasteiger charge is 2.46. The number of carbonyl (C=O) groups excluding carboxylic acids is 1. The molecule has 3 atom stereocenters. The van der Waals surface area contributed by atoms with Crippen molar-refractivity contribution in [2.75, 3.05) is 18.1 Å². The highest BCUT2D eigenvalue weighted by molar-refractivity contribution is 7.99. The molecule has 0 aromatic heterocycles. The number of amides is 1. The van der Waals surface area contributed by atoms with Crippen molar-refractivity contribution in [3.05, 3.63) is 69.7 Å². The first kappa shape index (κ1) is 21.5. The lowest BCUT2D eigenvalue weighted by atomic mass is 9.91. The molecule has 1 saturated carbocycles. The molecule has 2 aromatic carbocycles. The van der Waals surface area contributed by atoms with Crippen LogP contribution in [0.1, 0.15) is 36.1 Å². The van der Waals surface area contributed by atoms with Gasteiger partial charge in [-0.15, -0.1) is 11.8 Å². The van der Waals surface area contributed by atoms with E-state index in [1.807, 2.05) is 53.4 Å². The molecule has 2 fully saturated rings. The SMILES string of the molecule is N#CCSC[C@H](C1CC1)N1C(=O)CO[C@H](c2cccc(Cl)c2)[C@H]1c1ccc(Cl)cc1. The van der Waals surface area contributed by atoms with Crippen molar-refractivity contribution in [1.82, 2.24) is 4.90 Å². The summed E-state index contributed by atoms with van der Waals surface area (Å²) in [4.78, 5) is 15.2. The standard InChI is InChI=1S/C23H22Cl2N2O2S/c24-18-8-6-16(7-9-18)22-23(17-2-1-3-19(25)12-17)29-13-21(28)27(22)20(15-4-5-15)14-30-11-10-26/h1-3,6-9,12,15,20,22-23H,4-5,11,13-14H2/t20-,22-,23-/m1/s1. The lowest BCUT2D eigenvalue weighted by Crippen LogP contribution is -2.52. The van der Waals surface area contributed by atoms with Gasteiger partial charge < -0.3 is 9.64 Å². The summed E-state index contributed by atoms with van der Waals surface area (Å²) in [7, 11) is 0. The van der Waals surface area contributed by atoms with Crippen molar-refractivity contribution in [1.29, 1.82) is 5.26 Å². The second kappa shape index (κ2) is 9.62. The van der Waals surface area contributed by atoms with Crippen molar-refractivity contribution in [2.24, 2.45) is 5.92 Å². The van der Waals surface area contributed by atoms with Crippen LogP contribution < -0.4 is 0 Å². The Labute approximate surface area is 191 Å². The minimum atomic E-state index is -0.329. The molecule has 30 heavy (non-hydrogen) atoms. The number of hydrogen-bond donors (Lipinski definition) is 0. The summed E-state index contributed by atoms with van der Waals surface area (Å²) in [5.41, 5.74) is 1.92. The minimum Gasteiger partial charge on any atom is -0.361 e. The van der Waals surface area contributed by atoms with Gasteiger partial charge in [-0.2, -0.15) is 5.26 Å². The van der Waals surface area contributed by atoms with Gasteiger partial charge in [-0.05, 0) is 54.2 Å². The molecule has 2 aliphatic rings. The number of nitriles is 1. The molecule has 1 amide bonds. The van der Waals surface area contributed by atoms with E-state index in [0.29, 0.717) is 21.7 Å². The number of nitrogens with zero attached hydrogens (tertiary/aromatic N) is 2. The Morgan fingerprint density at radius 2 is 1.90 bits per heavy atom. The lowest BCUT2D eigenvalue weighted by molar-refractivity contribution is -0.163. The summed E-state index contributed by atoms with van der Waals surface area (Å²) < 4.78 is 6.09. The maximum absolute atomic E-state index is 13.2. The molecule has 0 N–H and O–H groups in total. The number of rotatable bonds is 7. The van der Waals surface area contributed by atoms with Gasteiger partial charge in [0.05, 0.1) is 17.9 Å². The predicted octanol–water partition coefficient (Wildman–Crippen LogP) is 5.67. The number of benzene rings is 2. The van der Waals surface area contributed by atoms with Crippen LogP contribution >= 0.6 is 35.0 Å². The molecular formula is C23H22Cl2N2O2S. The zero-order chi connectivity index (χ0) is 21.1. The van der Waals surface area contributed by atoms with E-state index in [1.54, 1.807) is 11.8 Å². The van der Waals surface area contributed by atoms with Crippen LogP contribution in [-0.4, -0.2) is 35.0 Å². The third-order valence-electron chi connectivity index (χ3n) is 5.63. The van der Waals surface area contributed by atoms with Crippen LogP contribution in [0.3, 0.4) is 0 Å². The third-order valence-corrected chi connectivity index (χ3v) is 7.03. The van der Waals surface area contributed by atoms with Crippen molar-refractivity contribution in [3.8, 4) is 6.07 Å². The fourth-order valence-electron chi connectivity index (χ4n) is 4.13. The Balaban J connectivity index is 1.75. The first-order valence-corrected chi connectivity index (χ1v) is 11.9. The molecule has 0 bridgehead atoms. The van der Waals surface area contributed by atoms with Crippen LogP contribution in [0.25, 0.3) is 0 Å². The van der Waals surface area contributed by atoms with Crippen molar-refractivity contribution in [2.45, 2.75) is 31.0 Å². The average Bonchev–Trinajstić information content (AvgIpc) is 3.57. The Morgan fingerprint density at radius 1 is 1.13 bits per heavy atom. The normalized spacial score (nSPS) is 22.6. The van der Waals surface area contributed by atoms with E-state index in [2.05, 4.69) is 6.07 Å². The number of halogens is 2. The van der Waals surface area contributed by atoms with Crippen molar-refractivity contribution in [3.63, 3.8) is 0 Å². The maximum atomic E-state index is 13.2. The second-order valence-electron chi connectivity index (χ2n) is 7.66. The molecule has 2 aromatic rings. The molecule has 156 valence electrons. The van der Waals surface area contributed by atoms with Crippen LogP contribution in [-0.2, 0) is 9.53 Å². The summed E-state index contributed by atoms with van der Waals surface area (Å²) in [6.45, 7) is 0.0351. The largest absolute Gasteiger partial charge is 0.361 e. The third kappa shape index (κ3) is 4.78. The van der Waals surface area contributed by atoms with Crippen LogP contribution in [0.4, 0.5) is 0 Å². The number of carbonyl (C=O) groups is 1. The van der Waals surface area contributed by atoms with Gasteiger partial charge in [0.15, 0.2) is 0 Å². The van der Waals surface area contributed by atoms with Gasteiger partial charge in [0.25, 0.3) is 0 Å². The number of hydrogen-bond acceptors (Lipinski definition) is 4. The minimum absolute atomic E-state index is 0.0114. The van der Waals surface area contributed by atoms with E-state index >= 15 is 0 Å². The fourth-order valence-corrected chi connectivity index (χ4v) is 5.33. The van der Waals surface area contributed by atoms with E-state index in [4.69, 9.17) is 33.2 Å². The lowest BCUT2D eigenvalue weighted by Gasteiger charge is -2.45. The Kier molecular flexibility index (Phi) is 6.90. The van der Waals surface area contributed by atoms with E-state index in [0.717, 1.165) is 29.7 Å². The zero-order valence-corrected chi connectivity index (χ0v) is 18.7. The monoisotopic (exact) mass is 460 g/mol. The summed E-state index contributed by atoms with van der Waals surface area (Å²) in [6, 6.07) is 17.2. The second-order valence-corrected chi connectivity index (χ2v) is 9.57. The van der Waals surface area contributed by atoms with Crippen LogP contribution in [0.2, 0.25) is 10.0 Å². The van der Waals surface area contributed by atoms with E-state index in [9.17, 15) is 4.79 Å². The van der Waals surface area contributed by atoms with Crippen LogP contribution in [0.5, 0.6) is 0 Å². The predicted molar refractivity (Wildman–Crippen MR) is 121 cm³/mol. The molecule has 4 rings (SSSR count). The molecule has 7 heteroatoms. The van der Waals surface area contributed by atoms with Crippen LogP contribution in [0.15, 0.2) is 48.5 Å². The maximum Gasteiger partial charge on any atom is 0.249 e. The van der Waals surface area contributed by atoms with E-state index in [1.165, 1.54) is 0 Å². The molecule has 1 aliphatic heterocycles. The van der Waals surface area contributed by atoms with E-state index in [-0.39, 0.29) is 30.7 Å². The Bertz CT molecular complexity index is 943. The summed E-state index contributed by atoms with van der Waals surface area (Å²) >= 11 is 14.0. The highest BCUT2D eigenvalue weighted by Crippen LogP contribution is 2.46. The van der Waals surface area contributed by atoms with Crippen LogP contribution in [0, 0.1) is 17.2 Å². The average molecular weight is 461 g/mol. The molecule has 1 saturated heterocycles. The number of ether oxygens (including phenoxy) is 1. The first-order valence-electron chi connectivity index (χ1n) is 9.97. The molecule has 0 radical (unpaired) electrons. The Morgan fingerprint density at radius 3 is 2.57 bits per heavy atom. The number of morpholine rings is 1. The van der Waals surface area contributed by atoms with Gasteiger partial charge in [-0.3, -0.25) is 4.79 Å². The summed E-state index contributed by atoms with van der Waals surface area (Å²) in [5.74, 6) is 1.62. The van der Waals surface area contributed by atoms with Crippen molar-refractivity contribution >= 4 is 40.9 Å². The quantitative estimate of drug-likeness (QED) is 0.499. The summed E-state index contributed by atoms with van der Waals surface area (Å²) in [6.07, 6.45) is 1.89. The summed E-state index contributed by atoms with van der Waals surface area (Å²) in [5, 5.41) is 10.3. The first-order chi connectivity index (χ1) is 14.6. The van der Waals surface area contributed by atoms with Crippen molar-refractivity contribution < 1.29 is 9.53 Å². The fraction of sp³-hybridized carbons (Fsp3) is 0.391. The zero-order valence-electron chi connectivity index (χ0n) is 16.3. The van der Waals surface area contributed by atoms with Gasteiger partial charge in [0.1, 0.15) is 12.7 Å². The molecule has 4 nitrogen and oxygen atoms in total. The molecule has 0 spiro atoms. The highest BCUT2D eigenvalue weighted by atomic mass is 35.5. The van der Waals surface area contributed by atoms with Gasteiger partial charge in [-0.1, -0.05) is 47.5 Å². The molecule has 0 unspecified atom stereocenters. The van der Waals surface area contributed by atoms with Gasteiger partial charge in [0, 0.05) is 21.8 Å². The van der Waals surface area contributed by atoms with E-state index < -0.39 is 0 Å². The number of thioether (sulfide) groups is 1. The van der Waals surface area contributed by atoms with Gasteiger partial charge in [0.2, 0.25) is 5.91 Å². The molecule has 1 aliphatic carbocycles. The molecule has 1 heterocycles. The Hall–Kier alpha value is -1.71. The van der Waals surface area contributed by atoms with Gasteiger partial charge >= 0.3 is 0 Å².